The highest BCUT2D eigenvalue weighted by atomic mass is 16.5. The van der Waals surface area contributed by atoms with E-state index < -0.39 is 5.97 Å². The zero-order valence-corrected chi connectivity index (χ0v) is 10.0. The molecule has 0 aromatic carbocycles. The van der Waals surface area contributed by atoms with Crippen LogP contribution in [-0.2, 0) is 14.3 Å². The molecule has 0 unspecified atom stereocenters. The lowest BCUT2D eigenvalue weighted by molar-refractivity contribution is -0.141. The number of carbonyl (C=O) groups is 2. The van der Waals surface area contributed by atoms with E-state index >= 15 is 0 Å². The lowest BCUT2D eigenvalue weighted by Gasteiger charge is -2.31. The highest BCUT2D eigenvalue weighted by molar-refractivity contribution is 5.94. The van der Waals surface area contributed by atoms with Gasteiger partial charge < -0.3 is 9.64 Å². The van der Waals surface area contributed by atoms with Crippen molar-refractivity contribution in [3.63, 3.8) is 0 Å². The Morgan fingerprint density at radius 3 is 2.20 bits per heavy atom. The Kier molecular flexibility index (Phi) is 5.22. The van der Waals surface area contributed by atoms with Crippen LogP contribution in [0.4, 0.5) is 0 Å². The van der Waals surface area contributed by atoms with Gasteiger partial charge in [-0.3, -0.25) is 4.79 Å². The lowest BCUT2D eigenvalue weighted by atomic mass is 10.1. The summed E-state index contributed by atoms with van der Waals surface area (Å²) in [5.74, 6) is -0.654. The van der Waals surface area contributed by atoms with E-state index in [1.54, 1.807) is 0 Å². The molecule has 0 aliphatic carbocycles. The van der Waals surface area contributed by atoms with Crippen LogP contribution in [0, 0.1) is 0 Å². The Hall–Kier alpha value is -1.16. The first-order valence-corrected chi connectivity index (χ1v) is 4.78. The fourth-order valence-electron chi connectivity index (χ4n) is 0.610. The number of ether oxygens (including phenoxy) is 1. The number of esters is 1. The second kappa shape index (κ2) is 5.66. The van der Waals surface area contributed by atoms with E-state index in [9.17, 15) is 9.59 Å². The van der Waals surface area contributed by atoms with Crippen LogP contribution in [0.1, 0.15) is 20.8 Å². The topological polar surface area (TPSA) is 46.6 Å². The molecule has 4 heteroatoms. The molecule has 0 aromatic rings. The van der Waals surface area contributed by atoms with Crippen LogP contribution in [0.25, 0.3) is 0 Å². The number of hydrogen-bond acceptors (Lipinski definition) is 4. The number of likely N-dealkylation sites (N-methyl/N-ethyl adjacent to an activating group) is 1. The summed E-state index contributed by atoms with van der Waals surface area (Å²) in [7, 11) is 3.83. The third-order valence-electron chi connectivity index (χ3n) is 2.23. The molecule has 86 valence electrons. The van der Waals surface area contributed by atoms with E-state index in [2.05, 4.69) is 0 Å². The smallest absolute Gasteiger partial charge is 0.330 e. The van der Waals surface area contributed by atoms with E-state index in [4.69, 9.17) is 4.74 Å². The monoisotopic (exact) mass is 213 g/mol. The van der Waals surface area contributed by atoms with Crippen molar-refractivity contribution in [2.75, 3.05) is 20.7 Å². The molecule has 0 rings (SSSR count). The first-order chi connectivity index (χ1) is 6.75. The molecule has 0 amide bonds. The molecule has 0 saturated heterocycles. The number of ketones is 1. The standard InChI is InChI=1S/C11H19NO3/c1-9(13)6-7-10(14)15-8-11(2,3)12(4)5/h6-7H,8H2,1-5H3/b7-6+. The highest BCUT2D eigenvalue weighted by Gasteiger charge is 2.21. The normalized spacial score (nSPS) is 12.1. The molecule has 0 saturated carbocycles. The van der Waals surface area contributed by atoms with Crippen LogP contribution in [0.5, 0.6) is 0 Å². The van der Waals surface area contributed by atoms with Gasteiger partial charge in [-0.25, -0.2) is 4.79 Å². The first-order valence-electron chi connectivity index (χ1n) is 4.78. The van der Waals surface area contributed by atoms with Gasteiger partial charge in [0.2, 0.25) is 0 Å². The Morgan fingerprint density at radius 2 is 1.80 bits per heavy atom. The quantitative estimate of drug-likeness (QED) is 0.505. The van der Waals surface area contributed by atoms with Crippen LogP contribution < -0.4 is 0 Å². The van der Waals surface area contributed by atoms with Gasteiger partial charge in [-0.1, -0.05) is 0 Å². The van der Waals surface area contributed by atoms with E-state index in [-0.39, 0.29) is 11.3 Å². The molecule has 0 N–H and O–H groups in total. The molecule has 0 radical (unpaired) electrons. The molecular weight excluding hydrogens is 194 g/mol. The maximum atomic E-state index is 11.1. The molecule has 0 aliphatic heterocycles. The fraction of sp³-hybridized carbons (Fsp3) is 0.636. The molecule has 0 fully saturated rings. The van der Waals surface area contributed by atoms with Gasteiger partial charge in [-0.15, -0.1) is 0 Å². The van der Waals surface area contributed by atoms with Gasteiger partial charge in [0.25, 0.3) is 0 Å². The van der Waals surface area contributed by atoms with Crippen molar-refractivity contribution in [2.45, 2.75) is 26.3 Å². The van der Waals surface area contributed by atoms with Crippen LogP contribution in [0.3, 0.4) is 0 Å². The van der Waals surface area contributed by atoms with Gasteiger partial charge >= 0.3 is 5.97 Å². The Morgan fingerprint density at radius 1 is 1.27 bits per heavy atom. The first kappa shape index (κ1) is 13.8. The number of carbonyl (C=O) groups excluding carboxylic acids is 2. The van der Waals surface area contributed by atoms with Crippen LogP contribution >= 0.6 is 0 Å². The number of allylic oxidation sites excluding steroid dienone is 1. The van der Waals surface area contributed by atoms with Gasteiger partial charge in [-0.05, 0) is 40.9 Å². The second-order valence-corrected chi connectivity index (χ2v) is 4.26. The van der Waals surface area contributed by atoms with Crippen molar-refractivity contribution in [1.82, 2.24) is 4.90 Å². The molecule has 0 aliphatic rings. The van der Waals surface area contributed by atoms with Crippen molar-refractivity contribution < 1.29 is 14.3 Å². The zero-order valence-electron chi connectivity index (χ0n) is 10.0. The summed E-state index contributed by atoms with van der Waals surface area (Å²) >= 11 is 0. The highest BCUT2D eigenvalue weighted by Crippen LogP contribution is 2.10. The summed E-state index contributed by atoms with van der Waals surface area (Å²) in [4.78, 5) is 23.7. The fourth-order valence-corrected chi connectivity index (χ4v) is 0.610. The number of nitrogens with zero attached hydrogens (tertiary/aromatic N) is 1. The van der Waals surface area contributed by atoms with Crippen LogP contribution in [-0.4, -0.2) is 42.9 Å². The molecule has 0 spiro atoms. The predicted molar refractivity (Wildman–Crippen MR) is 58.5 cm³/mol. The third-order valence-corrected chi connectivity index (χ3v) is 2.23. The second-order valence-electron chi connectivity index (χ2n) is 4.26. The molecule has 0 heterocycles. The summed E-state index contributed by atoms with van der Waals surface area (Å²) in [5.41, 5.74) is -0.209. The largest absolute Gasteiger partial charge is 0.461 e. The number of rotatable bonds is 5. The predicted octanol–water partition coefficient (Wildman–Crippen LogP) is 1.01. The Balaban J connectivity index is 4.06. The average molecular weight is 213 g/mol. The van der Waals surface area contributed by atoms with Gasteiger partial charge in [-0.2, -0.15) is 0 Å². The van der Waals surface area contributed by atoms with Crippen molar-refractivity contribution in [3.8, 4) is 0 Å². The summed E-state index contributed by atoms with van der Waals surface area (Å²) < 4.78 is 5.00. The van der Waals surface area contributed by atoms with Crippen molar-refractivity contribution in [1.29, 1.82) is 0 Å². The number of hydrogen-bond donors (Lipinski definition) is 0. The van der Waals surface area contributed by atoms with E-state index in [0.29, 0.717) is 6.61 Å². The Bertz CT molecular complexity index is 267. The maximum absolute atomic E-state index is 11.1. The maximum Gasteiger partial charge on any atom is 0.330 e. The Labute approximate surface area is 90.9 Å². The zero-order chi connectivity index (χ0) is 12.1. The summed E-state index contributed by atoms with van der Waals surface area (Å²) in [6.07, 6.45) is 2.35. The molecule has 0 bridgehead atoms. The summed E-state index contributed by atoms with van der Waals surface area (Å²) in [6, 6.07) is 0. The van der Waals surface area contributed by atoms with Crippen molar-refractivity contribution in [2.24, 2.45) is 0 Å². The van der Waals surface area contributed by atoms with E-state index in [1.807, 2.05) is 32.8 Å². The molecule has 0 aromatic heterocycles. The SMILES string of the molecule is CC(=O)/C=C/C(=O)OCC(C)(C)N(C)C. The summed E-state index contributed by atoms with van der Waals surface area (Å²) in [5, 5.41) is 0. The third kappa shape index (κ3) is 6.01. The van der Waals surface area contributed by atoms with E-state index in [1.165, 1.54) is 13.0 Å². The van der Waals surface area contributed by atoms with E-state index in [0.717, 1.165) is 6.08 Å². The van der Waals surface area contributed by atoms with Crippen LogP contribution in [0.15, 0.2) is 12.2 Å². The molecule has 0 atom stereocenters. The molecular formula is C11H19NO3. The summed E-state index contributed by atoms with van der Waals surface area (Å²) in [6.45, 7) is 5.61. The van der Waals surface area contributed by atoms with Crippen molar-refractivity contribution >= 4 is 11.8 Å². The molecule has 4 nitrogen and oxygen atoms in total. The minimum absolute atomic E-state index is 0.168. The minimum atomic E-state index is -0.486. The van der Waals surface area contributed by atoms with Gasteiger partial charge in [0.15, 0.2) is 5.78 Å². The minimum Gasteiger partial charge on any atom is -0.461 e. The van der Waals surface area contributed by atoms with Gasteiger partial charge in [0.05, 0.1) is 0 Å². The van der Waals surface area contributed by atoms with Gasteiger partial charge in [0.1, 0.15) is 6.61 Å². The van der Waals surface area contributed by atoms with Gasteiger partial charge in [0, 0.05) is 11.6 Å². The average Bonchev–Trinajstić information content (AvgIpc) is 2.11. The van der Waals surface area contributed by atoms with Crippen molar-refractivity contribution in [3.05, 3.63) is 12.2 Å². The molecule has 15 heavy (non-hydrogen) atoms. The van der Waals surface area contributed by atoms with Crippen LogP contribution in [0.2, 0.25) is 0 Å². The lowest BCUT2D eigenvalue weighted by Crippen LogP contribution is -2.42.